The highest BCUT2D eigenvalue weighted by Crippen LogP contribution is 2.34. The van der Waals surface area contributed by atoms with Crippen LogP contribution in [0.3, 0.4) is 0 Å². The maximum atomic E-state index is 13.1. The smallest absolute Gasteiger partial charge is 0.253 e. The number of nitrogens with one attached hydrogen (secondary N) is 1. The molecule has 5 nitrogen and oxygen atoms in total. The van der Waals surface area contributed by atoms with Gasteiger partial charge in [-0.25, -0.2) is 13.5 Å². The van der Waals surface area contributed by atoms with Crippen molar-refractivity contribution in [3.8, 4) is 5.95 Å². The third kappa shape index (κ3) is 3.47. The largest absolute Gasteiger partial charge is 0.367 e. The predicted molar refractivity (Wildman–Crippen MR) is 75.0 cm³/mol. The van der Waals surface area contributed by atoms with Crippen LogP contribution in [0.1, 0.15) is 25.7 Å². The average Bonchev–Trinajstić information content (AvgIpc) is 2.95. The first kappa shape index (κ1) is 14.2. The summed E-state index contributed by atoms with van der Waals surface area (Å²) < 4.78 is 27.8. The fourth-order valence-electron chi connectivity index (χ4n) is 2.36. The molecule has 0 atom stereocenters. The summed E-state index contributed by atoms with van der Waals surface area (Å²) in [5, 5.41) is 7.47. The van der Waals surface area contributed by atoms with E-state index in [0.717, 1.165) is 0 Å². The van der Waals surface area contributed by atoms with Gasteiger partial charge in [-0.05, 0) is 18.9 Å². The molecule has 1 aliphatic rings. The van der Waals surface area contributed by atoms with Gasteiger partial charge in [0.25, 0.3) is 5.95 Å². The molecule has 1 aliphatic carbocycles. The van der Waals surface area contributed by atoms with Gasteiger partial charge in [0.05, 0.1) is 0 Å². The Morgan fingerprint density at radius 1 is 1.29 bits per heavy atom. The van der Waals surface area contributed by atoms with Crippen molar-refractivity contribution in [2.75, 3.05) is 5.32 Å². The number of anilines is 1. The predicted octanol–water partition coefficient (Wildman–Crippen LogP) is 3.31. The molecule has 2 aromatic rings. The van der Waals surface area contributed by atoms with Crippen molar-refractivity contribution >= 4 is 17.4 Å². The van der Waals surface area contributed by atoms with Crippen LogP contribution in [-0.2, 0) is 0 Å². The summed E-state index contributed by atoms with van der Waals surface area (Å²) in [7, 11) is 0. The van der Waals surface area contributed by atoms with Gasteiger partial charge in [-0.3, -0.25) is 0 Å². The Labute approximate surface area is 125 Å². The van der Waals surface area contributed by atoms with Crippen LogP contribution >= 0.6 is 11.6 Å². The van der Waals surface area contributed by atoms with E-state index in [4.69, 9.17) is 11.6 Å². The Morgan fingerprint density at radius 2 is 2.05 bits per heavy atom. The second kappa shape index (κ2) is 5.55. The van der Waals surface area contributed by atoms with Gasteiger partial charge >= 0.3 is 0 Å². The lowest BCUT2D eigenvalue weighted by molar-refractivity contribution is -0.0361. The van der Waals surface area contributed by atoms with Crippen molar-refractivity contribution < 1.29 is 8.78 Å². The normalized spacial score (nSPS) is 18.6. The number of aromatic nitrogens is 4. The summed E-state index contributed by atoms with van der Waals surface area (Å²) in [6.07, 6.45) is 3.93. The number of halogens is 3. The van der Waals surface area contributed by atoms with Gasteiger partial charge in [-0.15, -0.1) is 0 Å². The van der Waals surface area contributed by atoms with Crippen LogP contribution in [0.2, 0.25) is 5.15 Å². The third-order valence-corrected chi connectivity index (χ3v) is 3.66. The lowest BCUT2D eigenvalue weighted by Crippen LogP contribution is -2.32. The molecule has 8 heteroatoms. The molecule has 2 heterocycles. The molecule has 0 radical (unpaired) electrons. The van der Waals surface area contributed by atoms with Crippen molar-refractivity contribution in [1.82, 2.24) is 19.7 Å². The summed E-state index contributed by atoms with van der Waals surface area (Å²) >= 11 is 5.98. The topological polar surface area (TPSA) is 55.6 Å². The third-order valence-electron chi connectivity index (χ3n) is 3.46. The summed E-state index contributed by atoms with van der Waals surface area (Å²) in [5.41, 5.74) is 0. The van der Waals surface area contributed by atoms with E-state index in [1.54, 1.807) is 24.5 Å². The van der Waals surface area contributed by atoms with Gasteiger partial charge in [0.15, 0.2) is 0 Å². The van der Waals surface area contributed by atoms with Crippen LogP contribution < -0.4 is 5.32 Å². The fraction of sp³-hybridized carbons (Fsp3) is 0.462. The first-order chi connectivity index (χ1) is 10.0. The molecule has 0 saturated heterocycles. The van der Waals surface area contributed by atoms with Crippen LogP contribution in [0.5, 0.6) is 0 Å². The SMILES string of the molecule is FC1(F)CCC(Nc2cc(Cl)nc(-n3cccn3)n2)CC1. The minimum atomic E-state index is -2.54. The maximum absolute atomic E-state index is 13.1. The molecule has 2 aromatic heterocycles. The van der Waals surface area contributed by atoms with Crippen LogP contribution in [0.25, 0.3) is 5.95 Å². The van der Waals surface area contributed by atoms with Gasteiger partial charge in [0, 0.05) is 37.3 Å². The second-order valence-corrected chi connectivity index (χ2v) is 5.49. The number of rotatable bonds is 3. The van der Waals surface area contributed by atoms with E-state index in [1.807, 2.05) is 0 Å². The van der Waals surface area contributed by atoms with Gasteiger partial charge in [0.2, 0.25) is 5.92 Å². The zero-order valence-corrected chi connectivity index (χ0v) is 11.9. The second-order valence-electron chi connectivity index (χ2n) is 5.10. The van der Waals surface area contributed by atoms with E-state index < -0.39 is 5.92 Å². The Balaban J connectivity index is 1.74. The Kier molecular flexibility index (Phi) is 3.75. The Morgan fingerprint density at radius 3 is 2.71 bits per heavy atom. The molecule has 3 rings (SSSR count). The maximum Gasteiger partial charge on any atom is 0.253 e. The van der Waals surface area contributed by atoms with E-state index >= 15 is 0 Å². The molecule has 0 bridgehead atoms. The van der Waals surface area contributed by atoms with Crippen LogP contribution in [-0.4, -0.2) is 31.7 Å². The number of alkyl halides is 2. The number of hydrogen-bond acceptors (Lipinski definition) is 4. The van der Waals surface area contributed by atoms with Crippen molar-refractivity contribution in [3.05, 3.63) is 29.7 Å². The Hall–Kier alpha value is -1.76. The molecule has 0 aromatic carbocycles. The zero-order chi connectivity index (χ0) is 14.9. The van der Waals surface area contributed by atoms with Crippen LogP contribution in [0.4, 0.5) is 14.6 Å². The first-order valence-corrected chi connectivity index (χ1v) is 7.09. The minimum Gasteiger partial charge on any atom is -0.367 e. The van der Waals surface area contributed by atoms with Gasteiger partial charge in [0.1, 0.15) is 11.0 Å². The van der Waals surface area contributed by atoms with Crippen LogP contribution in [0, 0.1) is 0 Å². The lowest BCUT2D eigenvalue weighted by atomic mass is 9.92. The molecule has 21 heavy (non-hydrogen) atoms. The van der Waals surface area contributed by atoms with E-state index in [2.05, 4.69) is 20.4 Å². The van der Waals surface area contributed by atoms with E-state index in [9.17, 15) is 8.78 Å². The van der Waals surface area contributed by atoms with E-state index in [0.29, 0.717) is 24.6 Å². The molecule has 1 saturated carbocycles. The minimum absolute atomic E-state index is 0.0268. The molecular formula is C13H14ClF2N5. The average molecular weight is 314 g/mol. The van der Waals surface area contributed by atoms with Gasteiger partial charge < -0.3 is 5.32 Å². The van der Waals surface area contributed by atoms with E-state index in [-0.39, 0.29) is 24.0 Å². The molecule has 0 aliphatic heterocycles. The number of hydrogen-bond donors (Lipinski definition) is 1. The Bertz CT molecular complexity index is 607. The quantitative estimate of drug-likeness (QED) is 0.883. The summed E-state index contributed by atoms with van der Waals surface area (Å²) in [5.74, 6) is -1.67. The molecule has 0 unspecified atom stereocenters. The van der Waals surface area contributed by atoms with Gasteiger partial charge in [-0.1, -0.05) is 11.6 Å². The highest BCUT2D eigenvalue weighted by atomic mass is 35.5. The van der Waals surface area contributed by atoms with Gasteiger partial charge in [-0.2, -0.15) is 15.1 Å². The number of nitrogens with zero attached hydrogens (tertiary/aromatic N) is 4. The van der Waals surface area contributed by atoms with Crippen molar-refractivity contribution in [3.63, 3.8) is 0 Å². The summed E-state index contributed by atoms with van der Waals surface area (Å²) in [6.45, 7) is 0. The summed E-state index contributed by atoms with van der Waals surface area (Å²) in [6, 6.07) is 3.31. The zero-order valence-electron chi connectivity index (χ0n) is 11.1. The molecular weight excluding hydrogens is 300 g/mol. The fourth-order valence-corrected chi connectivity index (χ4v) is 2.54. The lowest BCUT2D eigenvalue weighted by Gasteiger charge is -2.29. The van der Waals surface area contributed by atoms with Crippen LogP contribution in [0.15, 0.2) is 24.5 Å². The highest BCUT2D eigenvalue weighted by Gasteiger charge is 2.34. The molecule has 0 spiro atoms. The van der Waals surface area contributed by atoms with E-state index in [1.165, 1.54) is 4.68 Å². The molecule has 112 valence electrons. The van der Waals surface area contributed by atoms with Crippen molar-refractivity contribution in [2.45, 2.75) is 37.6 Å². The first-order valence-electron chi connectivity index (χ1n) is 6.71. The summed E-state index contributed by atoms with van der Waals surface area (Å²) in [4.78, 5) is 8.40. The van der Waals surface area contributed by atoms with Crippen molar-refractivity contribution in [2.24, 2.45) is 0 Å². The molecule has 1 N–H and O–H groups in total. The standard InChI is InChI=1S/C13H14ClF2N5/c14-10-8-11(18-9-2-4-13(15,16)5-3-9)20-12(19-10)21-7-1-6-17-21/h1,6-9H,2-5H2,(H,18,19,20). The molecule has 0 amide bonds. The van der Waals surface area contributed by atoms with Crippen molar-refractivity contribution in [1.29, 1.82) is 0 Å². The highest BCUT2D eigenvalue weighted by molar-refractivity contribution is 6.29. The molecule has 1 fully saturated rings. The monoisotopic (exact) mass is 313 g/mol.